The predicted molar refractivity (Wildman–Crippen MR) is 87.9 cm³/mol. The van der Waals surface area contributed by atoms with Gasteiger partial charge in [-0.3, -0.25) is 0 Å². The average molecular weight is 509 g/mol. The van der Waals surface area contributed by atoms with Crippen LogP contribution >= 0.6 is 0 Å². The van der Waals surface area contributed by atoms with Gasteiger partial charge >= 0.3 is 26.5 Å². The number of benzene rings is 1. The normalized spacial score (nSPS) is 14.4. The largest absolute Gasteiger partial charge is 0.450 e. The third-order valence-electron chi connectivity index (χ3n) is 3.08. The summed E-state index contributed by atoms with van der Waals surface area (Å²) >= 11 is 0. The second-order valence-corrected chi connectivity index (χ2v) is 10.5. The van der Waals surface area contributed by atoms with Crippen molar-refractivity contribution in [1.29, 1.82) is 0 Å². The first kappa shape index (κ1) is 26.1. The number of nitrogens with one attached hydrogen (secondary N) is 1. The summed E-state index contributed by atoms with van der Waals surface area (Å²) in [6.07, 6.45) is 1.20. The number of sulfonamides is 2. The maximum atomic E-state index is 13.9. The van der Waals surface area contributed by atoms with Crippen molar-refractivity contribution < 1.29 is 60.2 Å². The van der Waals surface area contributed by atoms with Gasteiger partial charge < -0.3 is 4.18 Å². The lowest BCUT2D eigenvalue weighted by Gasteiger charge is -2.30. The molecule has 1 aromatic rings. The third-order valence-corrected chi connectivity index (χ3v) is 7.49. The predicted octanol–water partition coefficient (Wildman–Crippen LogP) is 2.04. The van der Waals surface area contributed by atoms with Gasteiger partial charge in [-0.25, -0.2) is 21.2 Å². The third kappa shape index (κ3) is 4.54. The first-order valence-corrected chi connectivity index (χ1v) is 11.4. The van der Waals surface area contributed by atoms with Crippen LogP contribution in [0.4, 0.5) is 30.7 Å². The molecule has 0 amide bonds. The van der Waals surface area contributed by atoms with E-state index in [0.29, 0.717) is 12.1 Å². The maximum Gasteiger partial charge on any atom is 0.450 e. The number of hydrogen-bond acceptors (Lipinski definition) is 7. The summed E-state index contributed by atoms with van der Waals surface area (Å²) in [6, 6.07) is 0.643. The number of alkyl halides is 7. The molecule has 0 spiro atoms. The number of halogens is 7. The molecule has 0 aliphatic carbocycles. The molecule has 1 N–H and O–H groups in total. The summed E-state index contributed by atoms with van der Waals surface area (Å²) in [6.45, 7) is 3.30. The minimum Gasteiger partial charge on any atom is -0.378 e. The van der Waals surface area contributed by atoms with Gasteiger partial charge in [-0.15, -0.1) is 4.13 Å². The zero-order valence-electron chi connectivity index (χ0n) is 14.0. The van der Waals surface area contributed by atoms with Crippen molar-refractivity contribution in [2.24, 2.45) is 0 Å². The van der Waals surface area contributed by atoms with Gasteiger partial charge in [0.05, 0.1) is 0 Å². The highest BCUT2D eigenvalue weighted by molar-refractivity contribution is 8.05. The Bertz CT molecular complexity index is 1120. The van der Waals surface area contributed by atoms with Crippen molar-refractivity contribution in [3.8, 4) is 5.75 Å². The molecule has 0 aliphatic rings. The smallest absolute Gasteiger partial charge is 0.378 e. The lowest BCUT2D eigenvalue weighted by Crippen LogP contribution is -2.63. The molecule has 30 heavy (non-hydrogen) atoms. The summed E-state index contributed by atoms with van der Waals surface area (Å²) in [7, 11) is -20.1. The van der Waals surface area contributed by atoms with Crippen LogP contribution in [0.3, 0.4) is 0 Å². The lowest BCUT2D eigenvalue weighted by atomic mass is 10.2. The second kappa shape index (κ2) is 7.97. The molecule has 1 aromatic carbocycles. The van der Waals surface area contributed by atoms with E-state index in [0.717, 1.165) is 12.1 Å². The Hall–Kier alpha value is -1.92. The van der Waals surface area contributed by atoms with Crippen molar-refractivity contribution in [2.45, 2.75) is 16.4 Å². The van der Waals surface area contributed by atoms with Crippen molar-refractivity contribution in [3.05, 3.63) is 36.4 Å². The molecule has 0 saturated carbocycles. The van der Waals surface area contributed by atoms with Gasteiger partial charge in [0.25, 0.3) is 20.0 Å². The SMILES string of the molecule is C=Cc1ccc(OS(=O)(=O)C(F)(F)C(F)(F)C(F)(F)S(=O)(=O)NS(=O)(=O)CF)cc1. The maximum absolute atomic E-state index is 13.9. The molecular weight excluding hydrogens is 499 g/mol. The van der Waals surface area contributed by atoms with Gasteiger partial charge in [0, 0.05) is 0 Å². The molecule has 0 aliphatic heterocycles. The fraction of sp³-hybridized carbons (Fsp3) is 0.333. The standard InChI is InChI=1S/C12H10F7NO7S3/c1-2-8-3-5-9(6-4-8)27-30(25,26)12(18,19)10(14,15)11(16,17)29(23,24)20-28(21,22)7-13/h2-6,20H,1,7H2. The Morgan fingerprint density at radius 3 is 1.77 bits per heavy atom. The zero-order valence-corrected chi connectivity index (χ0v) is 16.5. The van der Waals surface area contributed by atoms with Crippen LogP contribution in [0.25, 0.3) is 6.08 Å². The lowest BCUT2D eigenvalue weighted by molar-refractivity contribution is -0.245. The molecule has 0 radical (unpaired) electrons. The van der Waals surface area contributed by atoms with E-state index in [2.05, 4.69) is 10.8 Å². The van der Waals surface area contributed by atoms with Gasteiger partial charge in [0.2, 0.25) is 6.01 Å². The monoisotopic (exact) mass is 509 g/mol. The van der Waals surface area contributed by atoms with Gasteiger partial charge in [-0.05, 0) is 17.7 Å². The first-order valence-electron chi connectivity index (χ1n) is 6.90. The van der Waals surface area contributed by atoms with Gasteiger partial charge in [0.1, 0.15) is 5.75 Å². The fourth-order valence-electron chi connectivity index (χ4n) is 1.58. The van der Waals surface area contributed by atoms with Crippen molar-refractivity contribution in [2.75, 3.05) is 6.01 Å². The Labute approximate surface area is 165 Å². The minimum atomic E-state index is -7.28. The molecule has 0 aromatic heterocycles. The second-order valence-electron chi connectivity index (χ2n) is 5.23. The van der Waals surface area contributed by atoms with Crippen LogP contribution in [0.1, 0.15) is 5.56 Å². The van der Waals surface area contributed by atoms with Crippen LogP contribution in [-0.4, -0.2) is 47.7 Å². The van der Waals surface area contributed by atoms with E-state index < -0.39 is 58.4 Å². The molecule has 0 unspecified atom stereocenters. The number of hydrogen-bond donors (Lipinski definition) is 1. The molecule has 0 atom stereocenters. The van der Waals surface area contributed by atoms with E-state index in [4.69, 9.17) is 0 Å². The molecule has 172 valence electrons. The van der Waals surface area contributed by atoms with Crippen LogP contribution in [-0.2, 0) is 30.2 Å². The highest BCUT2D eigenvalue weighted by Crippen LogP contribution is 2.51. The molecule has 0 fully saturated rings. The first-order chi connectivity index (χ1) is 13.3. The van der Waals surface area contributed by atoms with Crippen LogP contribution in [0.5, 0.6) is 5.75 Å². The molecule has 18 heteroatoms. The van der Waals surface area contributed by atoms with Crippen molar-refractivity contribution in [3.63, 3.8) is 0 Å². The Balaban J connectivity index is 3.43. The highest BCUT2D eigenvalue weighted by Gasteiger charge is 2.83. The van der Waals surface area contributed by atoms with Crippen LogP contribution in [0.2, 0.25) is 0 Å². The molecule has 8 nitrogen and oxygen atoms in total. The van der Waals surface area contributed by atoms with Crippen LogP contribution in [0, 0.1) is 0 Å². The van der Waals surface area contributed by atoms with Crippen LogP contribution in [0.15, 0.2) is 30.8 Å². The summed E-state index contributed by atoms with van der Waals surface area (Å²) in [5.74, 6) is -8.32. The van der Waals surface area contributed by atoms with E-state index in [1.807, 2.05) is 0 Å². The highest BCUT2D eigenvalue weighted by atomic mass is 32.3. The van der Waals surface area contributed by atoms with Gasteiger partial charge in [0.15, 0.2) is 0 Å². The van der Waals surface area contributed by atoms with Crippen molar-refractivity contribution in [1.82, 2.24) is 4.13 Å². The van der Waals surface area contributed by atoms with E-state index >= 15 is 0 Å². The average Bonchev–Trinajstić information content (AvgIpc) is 2.60. The van der Waals surface area contributed by atoms with E-state index in [-0.39, 0.29) is 9.69 Å². The zero-order chi connectivity index (χ0) is 23.8. The fourth-order valence-corrected chi connectivity index (χ4v) is 4.95. The van der Waals surface area contributed by atoms with Gasteiger partial charge in [-0.1, -0.05) is 24.8 Å². The van der Waals surface area contributed by atoms with Crippen molar-refractivity contribution >= 4 is 36.2 Å². The molecule has 0 saturated heterocycles. The summed E-state index contributed by atoms with van der Waals surface area (Å²) in [5, 5.41) is -14.0. The number of rotatable bonds is 10. The van der Waals surface area contributed by atoms with Gasteiger partial charge in [-0.2, -0.15) is 34.8 Å². The molecule has 0 bridgehead atoms. The topological polar surface area (TPSA) is 124 Å². The summed E-state index contributed by atoms with van der Waals surface area (Å²) in [5.41, 5.74) is 0.287. The van der Waals surface area contributed by atoms with Crippen LogP contribution < -0.4 is 8.31 Å². The summed E-state index contributed by atoms with van der Waals surface area (Å²) in [4.78, 5) is 0. The quantitative estimate of drug-likeness (QED) is 0.378. The van der Waals surface area contributed by atoms with E-state index in [1.54, 1.807) is 0 Å². The van der Waals surface area contributed by atoms with E-state index in [1.165, 1.54) is 6.08 Å². The minimum absolute atomic E-state index is 0.224. The Morgan fingerprint density at radius 2 is 1.37 bits per heavy atom. The van der Waals surface area contributed by atoms with E-state index in [9.17, 15) is 56.0 Å². The Morgan fingerprint density at radius 1 is 0.900 bits per heavy atom. The molecular formula is C12H10F7NO7S3. The summed E-state index contributed by atoms with van der Waals surface area (Å²) < 4.78 is 165. The Kier molecular flexibility index (Phi) is 6.94. The molecule has 0 heterocycles. The molecule has 1 rings (SSSR count).